The molecule has 3 heterocycles. The molecular formula is C19H21N7O2. The molecule has 0 bridgehead atoms. The van der Waals surface area contributed by atoms with E-state index >= 15 is 0 Å². The number of H-pyrrole nitrogens is 2. The smallest absolute Gasteiger partial charge is 0.229 e. The first-order valence-electron chi connectivity index (χ1n) is 9.14. The van der Waals surface area contributed by atoms with Crippen molar-refractivity contribution in [2.45, 2.75) is 26.2 Å². The molecule has 1 aromatic carbocycles. The molecule has 9 nitrogen and oxygen atoms in total. The van der Waals surface area contributed by atoms with Crippen LogP contribution in [0.1, 0.15) is 32.0 Å². The van der Waals surface area contributed by atoms with Gasteiger partial charge in [-0.1, -0.05) is 26.0 Å². The van der Waals surface area contributed by atoms with Crippen molar-refractivity contribution >= 4 is 23.2 Å². The van der Waals surface area contributed by atoms with Crippen LogP contribution in [0, 0.1) is 5.92 Å². The fraction of sp³-hybridized carbons (Fsp3) is 0.316. The Hall–Kier alpha value is -3.49. The summed E-state index contributed by atoms with van der Waals surface area (Å²) < 4.78 is 0. The maximum absolute atomic E-state index is 12.8. The quantitative estimate of drug-likeness (QED) is 0.628. The molecule has 0 radical (unpaired) electrons. The van der Waals surface area contributed by atoms with Crippen LogP contribution in [0.5, 0.6) is 0 Å². The number of hydrogen-bond donors (Lipinski definition) is 3. The molecule has 0 spiro atoms. The van der Waals surface area contributed by atoms with Gasteiger partial charge in [-0.2, -0.15) is 10.2 Å². The van der Waals surface area contributed by atoms with Gasteiger partial charge in [0, 0.05) is 30.6 Å². The van der Waals surface area contributed by atoms with Crippen LogP contribution in [-0.4, -0.2) is 43.7 Å². The SMILES string of the molecule is CC(C)c1nc(-c2ccccc2NC(=O)C2CC(=O)N(c3cn[nH]c3)C2)n[nH]1. The van der Waals surface area contributed by atoms with Gasteiger partial charge in [-0.05, 0) is 12.1 Å². The third-order valence-electron chi connectivity index (χ3n) is 4.77. The van der Waals surface area contributed by atoms with Crippen LogP contribution in [-0.2, 0) is 9.59 Å². The van der Waals surface area contributed by atoms with Crippen molar-refractivity contribution < 1.29 is 9.59 Å². The number of hydrogen-bond acceptors (Lipinski definition) is 5. The molecule has 9 heteroatoms. The first-order valence-corrected chi connectivity index (χ1v) is 9.14. The summed E-state index contributed by atoms with van der Waals surface area (Å²) in [7, 11) is 0. The van der Waals surface area contributed by atoms with Gasteiger partial charge in [-0.25, -0.2) is 4.98 Å². The van der Waals surface area contributed by atoms with Crippen LogP contribution in [0.4, 0.5) is 11.4 Å². The highest BCUT2D eigenvalue weighted by molar-refractivity contribution is 6.04. The fourth-order valence-electron chi connectivity index (χ4n) is 3.20. The Morgan fingerprint density at radius 1 is 1.32 bits per heavy atom. The standard InChI is InChI=1S/C19H21N7O2/c1-11(2)17-23-18(25-24-17)14-5-3-4-6-15(14)22-19(28)12-7-16(27)26(10-12)13-8-20-21-9-13/h3-6,8-9,11-12H,7,10H2,1-2H3,(H,20,21)(H,22,28)(H,23,24,25). The van der Waals surface area contributed by atoms with E-state index in [0.29, 0.717) is 23.7 Å². The van der Waals surface area contributed by atoms with Gasteiger partial charge in [-0.3, -0.25) is 19.8 Å². The summed E-state index contributed by atoms with van der Waals surface area (Å²) in [6.45, 7) is 4.38. The maximum Gasteiger partial charge on any atom is 0.229 e. The molecule has 1 saturated heterocycles. The van der Waals surface area contributed by atoms with E-state index in [9.17, 15) is 9.59 Å². The summed E-state index contributed by atoms with van der Waals surface area (Å²) >= 11 is 0. The number of nitrogens with zero attached hydrogens (tertiary/aromatic N) is 4. The first kappa shape index (κ1) is 17.9. The van der Waals surface area contributed by atoms with E-state index in [-0.39, 0.29) is 24.2 Å². The number of benzene rings is 1. The Kier molecular flexibility index (Phi) is 4.64. The minimum absolute atomic E-state index is 0.0922. The third kappa shape index (κ3) is 3.38. The summed E-state index contributed by atoms with van der Waals surface area (Å²) in [6, 6.07) is 7.38. The zero-order valence-electron chi connectivity index (χ0n) is 15.6. The Morgan fingerprint density at radius 2 is 2.14 bits per heavy atom. The highest BCUT2D eigenvalue weighted by Crippen LogP contribution is 2.29. The zero-order chi connectivity index (χ0) is 19.7. The molecule has 3 N–H and O–H groups in total. The molecule has 1 aliphatic rings. The Labute approximate surface area is 161 Å². The highest BCUT2D eigenvalue weighted by atomic mass is 16.2. The monoisotopic (exact) mass is 379 g/mol. The number of aromatic amines is 2. The lowest BCUT2D eigenvalue weighted by atomic mass is 10.1. The molecular weight excluding hydrogens is 358 g/mol. The topological polar surface area (TPSA) is 120 Å². The molecule has 2 aromatic heterocycles. The molecule has 2 amide bonds. The van der Waals surface area contributed by atoms with Crippen LogP contribution >= 0.6 is 0 Å². The van der Waals surface area contributed by atoms with E-state index in [2.05, 4.69) is 30.7 Å². The average molecular weight is 379 g/mol. The lowest BCUT2D eigenvalue weighted by Crippen LogP contribution is -2.28. The average Bonchev–Trinajstić information content (AvgIpc) is 3.42. The van der Waals surface area contributed by atoms with E-state index in [1.165, 1.54) is 0 Å². The number of nitrogens with one attached hydrogen (secondary N) is 3. The number of para-hydroxylation sites is 1. The van der Waals surface area contributed by atoms with Crippen molar-refractivity contribution in [2.75, 3.05) is 16.8 Å². The van der Waals surface area contributed by atoms with Gasteiger partial charge in [0.2, 0.25) is 11.8 Å². The van der Waals surface area contributed by atoms with Gasteiger partial charge in [0.05, 0.1) is 23.5 Å². The number of amides is 2. The highest BCUT2D eigenvalue weighted by Gasteiger charge is 2.35. The van der Waals surface area contributed by atoms with Gasteiger partial charge >= 0.3 is 0 Å². The summed E-state index contributed by atoms with van der Waals surface area (Å²) in [5.74, 6) is 0.808. The molecule has 3 aromatic rings. The van der Waals surface area contributed by atoms with Gasteiger partial charge in [0.1, 0.15) is 5.82 Å². The predicted octanol–water partition coefficient (Wildman–Crippen LogP) is 2.31. The molecule has 4 rings (SSSR count). The van der Waals surface area contributed by atoms with Crippen LogP contribution < -0.4 is 10.2 Å². The van der Waals surface area contributed by atoms with Crippen molar-refractivity contribution in [1.29, 1.82) is 0 Å². The van der Waals surface area contributed by atoms with E-state index in [4.69, 9.17) is 0 Å². The van der Waals surface area contributed by atoms with Crippen molar-refractivity contribution in [3.05, 3.63) is 42.5 Å². The minimum Gasteiger partial charge on any atom is -0.325 e. The number of anilines is 2. The van der Waals surface area contributed by atoms with Crippen LogP contribution in [0.25, 0.3) is 11.4 Å². The van der Waals surface area contributed by atoms with E-state index < -0.39 is 5.92 Å². The van der Waals surface area contributed by atoms with Crippen molar-refractivity contribution in [2.24, 2.45) is 5.92 Å². The molecule has 0 aliphatic carbocycles. The van der Waals surface area contributed by atoms with Gasteiger partial charge in [0.15, 0.2) is 5.82 Å². The molecule has 1 fully saturated rings. The molecule has 0 saturated carbocycles. The van der Waals surface area contributed by atoms with Crippen LogP contribution in [0.15, 0.2) is 36.7 Å². The van der Waals surface area contributed by atoms with E-state index in [1.807, 2.05) is 38.1 Å². The van der Waals surface area contributed by atoms with Crippen LogP contribution in [0.2, 0.25) is 0 Å². The van der Waals surface area contributed by atoms with E-state index in [1.54, 1.807) is 17.3 Å². The molecule has 144 valence electrons. The summed E-state index contributed by atoms with van der Waals surface area (Å²) in [5, 5.41) is 16.7. The van der Waals surface area contributed by atoms with Gasteiger partial charge in [0.25, 0.3) is 0 Å². The Morgan fingerprint density at radius 3 is 2.86 bits per heavy atom. The summed E-state index contributed by atoms with van der Waals surface area (Å²) in [4.78, 5) is 31.2. The predicted molar refractivity (Wildman–Crippen MR) is 104 cm³/mol. The molecule has 1 unspecified atom stereocenters. The zero-order valence-corrected chi connectivity index (χ0v) is 15.6. The Bertz CT molecular complexity index is 993. The number of carbonyl (C=O) groups excluding carboxylic acids is 2. The summed E-state index contributed by atoms with van der Waals surface area (Å²) in [6.07, 6.45) is 3.38. The first-order chi connectivity index (χ1) is 13.5. The molecule has 1 aliphatic heterocycles. The number of rotatable bonds is 5. The van der Waals surface area contributed by atoms with Crippen molar-refractivity contribution in [1.82, 2.24) is 25.4 Å². The van der Waals surface area contributed by atoms with Crippen LogP contribution in [0.3, 0.4) is 0 Å². The fourth-order valence-corrected chi connectivity index (χ4v) is 3.20. The minimum atomic E-state index is -0.436. The number of carbonyl (C=O) groups is 2. The largest absolute Gasteiger partial charge is 0.325 e. The lowest BCUT2D eigenvalue weighted by molar-refractivity contribution is -0.122. The molecule has 28 heavy (non-hydrogen) atoms. The second-order valence-corrected chi connectivity index (χ2v) is 7.10. The maximum atomic E-state index is 12.8. The normalized spacial score (nSPS) is 16.8. The second-order valence-electron chi connectivity index (χ2n) is 7.10. The summed E-state index contributed by atoms with van der Waals surface area (Å²) in [5.41, 5.74) is 2.02. The van der Waals surface area contributed by atoms with Gasteiger partial charge in [-0.15, -0.1) is 0 Å². The van der Waals surface area contributed by atoms with Crippen molar-refractivity contribution in [3.63, 3.8) is 0 Å². The van der Waals surface area contributed by atoms with Crippen molar-refractivity contribution in [3.8, 4) is 11.4 Å². The number of aromatic nitrogens is 5. The van der Waals surface area contributed by atoms with E-state index in [0.717, 1.165) is 11.4 Å². The third-order valence-corrected chi connectivity index (χ3v) is 4.77. The van der Waals surface area contributed by atoms with Gasteiger partial charge < -0.3 is 10.2 Å². The molecule has 1 atom stereocenters. The Balaban J connectivity index is 1.52. The second kappa shape index (κ2) is 7.26. The lowest BCUT2D eigenvalue weighted by Gasteiger charge is -2.15.